The van der Waals surface area contributed by atoms with Crippen molar-refractivity contribution in [1.82, 2.24) is 0 Å². The van der Waals surface area contributed by atoms with Crippen LogP contribution in [0.2, 0.25) is 0 Å². The molecule has 0 aromatic heterocycles. The number of methoxy groups -OCH3 is 1. The van der Waals surface area contributed by atoms with E-state index in [1.165, 1.54) is 19.2 Å². The molecule has 30 heavy (non-hydrogen) atoms. The number of nitro benzene ring substituents is 1. The minimum absolute atomic E-state index is 0.115. The molecule has 0 atom stereocenters. The zero-order valence-corrected chi connectivity index (χ0v) is 16.5. The quantitative estimate of drug-likeness (QED) is 0.402. The minimum atomic E-state index is -0.625. The van der Waals surface area contributed by atoms with Crippen LogP contribution in [0.3, 0.4) is 0 Å². The molecular formula is C22H21N3O5. The molecule has 0 aliphatic heterocycles. The van der Waals surface area contributed by atoms with Gasteiger partial charge in [-0.25, -0.2) is 0 Å². The molecule has 3 rings (SSSR count). The molecule has 0 spiro atoms. The Balaban J connectivity index is 1.81. The van der Waals surface area contributed by atoms with Crippen LogP contribution in [0.15, 0.2) is 66.7 Å². The Labute approximate surface area is 173 Å². The van der Waals surface area contributed by atoms with Gasteiger partial charge in [-0.05, 0) is 43.3 Å². The zero-order valence-electron chi connectivity index (χ0n) is 16.5. The van der Waals surface area contributed by atoms with Crippen LogP contribution >= 0.6 is 0 Å². The third kappa shape index (κ3) is 4.85. The molecule has 0 aliphatic rings. The molecule has 2 N–H and O–H groups in total. The molecule has 3 aromatic carbocycles. The Morgan fingerprint density at radius 1 is 0.967 bits per heavy atom. The van der Waals surface area contributed by atoms with Gasteiger partial charge in [0.05, 0.1) is 24.7 Å². The highest BCUT2D eigenvalue weighted by molar-refractivity contribution is 6.07. The van der Waals surface area contributed by atoms with Crippen LogP contribution in [-0.2, 0) is 0 Å². The van der Waals surface area contributed by atoms with Crippen molar-refractivity contribution in [2.24, 2.45) is 0 Å². The predicted molar refractivity (Wildman–Crippen MR) is 115 cm³/mol. The van der Waals surface area contributed by atoms with E-state index in [9.17, 15) is 14.9 Å². The van der Waals surface area contributed by atoms with E-state index in [1.54, 1.807) is 31.2 Å². The second kappa shape index (κ2) is 9.42. The molecule has 0 saturated carbocycles. The third-order valence-corrected chi connectivity index (χ3v) is 4.23. The van der Waals surface area contributed by atoms with E-state index >= 15 is 0 Å². The van der Waals surface area contributed by atoms with Gasteiger partial charge in [0.15, 0.2) is 11.5 Å². The lowest BCUT2D eigenvalue weighted by molar-refractivity contribution is -0.385. The van der Waals surface area contributed by atoms with Crippen molar-refractivity contribution in [1.29, 1.82) is 0 Å². The van der Waals surface area contributed by atoms with E-state index in [4.69, 9.17) is 9.47 Å². The summed E-state index contributed by atoms with van der Waals surface area (Å²) in [7, 11) is 1.38. The lowest BCUT2D eigenvalue weighted by Gasteiger charge is -2.12. The van der Waals surface area contributed by atoms with E-state index in [1.807, 2.05) is 30.3 Å². The highest BCUT2D eigenvalue weighted by Gasteiger charge is 2.24. The van der Waals surface area contributed by atoms with E-state index in [0.717, 1.165) is 11.4 Å². The SMILES string of the molecule is CCOc1cc(C(=O)Nc2ccc(Nc3ccccc3)cc2)c([N+](=O)[O-])cc1OC. The fourth-order valence-corrected chi connectivity index (χ4v) is 2.83. The van der Waals surface area contributed by atoms with Crippen molar-refractivity contribution in [3.63, 3.8) is 0 Å². The number of nitro groups is 1. The number of anilines is 3. The summed E-state index contributed by atoms with van der Waals surface area (Å²) in [6.45, 7) is 2.09. The van der Waals surface area contributed by atoms with Gasteiger partial charge in [-0.15, -0.1) is 0 Å². The lowest BCUT2D eigenvalue weighted by Crippen LogP contribution is -2.14. The van der Waals surface area contributed by atoms with Crippen LogP contribution in [0.1, 0.15) is 17.3 Å². The van der Waals surface area contributed by atoms with Crippen LogP contribution in [-0.4, -0.2) is 24.5 Å². The van der Waals surface area contributed by atoms with Gasteiger partial charge in [0, 0.05) is 23.1 Å². The van der Waals surface area contributed by atoms with Gasteiger partial charge >= 0.3 is 0 Å². The summed E-state index contributed by atoms with van der Waals surface area (Å²) < 4.78 is 10.6. The third-order valence-electron chi connectivity index (χ3n) is 4.23. The number of carbonyl (C=O) groups is 1. The fourth-order valence-electron chi connectivity index (χ4n) is 2.83. The Kier molecular flexibility index (Phi) is 6.49. The van der Waals surface area contributed by atoms with E-state index in [0.29, 0.717) is 12.3 Å². The molecule has 3 aromatic rings. The topological polar surface area (TPSA) is 103 Å². The standard InChI is InChI=1S/C22H21N3O5/c1-3-30-21-13-18(19(25(27)28)14-20(21)29-2)22(26)24-17-11-9-16(10-12-17)23-15-7-5-4-6-8-15/h4-14,23H,3H2,1-2H3,(H,24,26). The maximum atomic E-state index is 12.7. The largest absolute Gasteiger partial charge is 0.493 e. The number of nitrogens with zero attached hydrogens (tertiary/aromatic N) is 1. The van der Waals surface area contributed by atoms with Crippen LogP contribution in [0.5, 0.6) is 11.5 Å². The first-order valence-electron chi connectivity index (χ1n) is 9.24. The summed E-state index contributed by atoms with van der Waals surface area (Å²) in [6.07, 6.45) is 0. The van der Waals surface area contributed by atoms with Crippen LogP contribution < -0.4 is 20.1 Å². The summed E-state index contributed by atoms with van der Waals surface area (Å²) >= 11 is 0. The van der Waals surface area contributed by atoms with Crippen LogP contribution in [0.25, 0.3) is 0 Å². The van der Waals surface area contributed by atoms with Gasteiger partial charge in [0.25, 0.3) is 11.6 Å². The van der Waals surface area contributed by atoms with Gasteiger partial charge in [-0.3, -0.25) is 14.9 Å². The molecule has 0 saturated heterocycles. The molecule has 0 unspecified atom stereocenters. The first kappa shape index (κ1) is 20.7. The average Bonchev–Trinajstić information content (AvgIpc) is 2.75. The number of rotatable bonds is 8. The summed E-state index contributed by atoms with van der Waals surface area (Å²) in [6, 6.07) is 19.2. The maximum absolute atomic E-state index is 12.7. The maximum Gasteiger partial charge on any atom is 0.286 e. The van der Waals surface area contributed by atoms with Crippen molar-refractivity contribution in [2.45, 2.75) is 6.92 Å². The summed E-state index contributed by atoms with van der Waals surface area (Å²) in [4.78, 5) is 23.6. The normalized spacial score (nSPS) is 10.2. The van der Waals surface area contributed by atoms with Crippen molar-refractivity contribution in [3.05, 3.63) is 82.4 Å². The van der Waals surface area contributed by atoms with Gasteiger partial charge < -0.3 is 20.1 Å². The van der Waals surface area contributed by atoms with Gasteiger partial charge in [-0.2, -0.15) is 0 Å². The Morgan fingerprint density at radius 2 is 1.60 bits per heavy atom. The molecule has 0 heterocycles. The molecule has 0 radical (unpaired) electrons. The van der Waals surface area contributed by atoms with Crippen LogP contribution in [0.4, 0.5) is 22.7 Å². The molecular weight excluding hydrogens is 386 g/mol. The number of hydrogen-bond donors (Lipinski definition) is 2. The number of carbonyl (C=O) groups excluding carboxylic acids is 1. The van der Waals surface area contributed by atoms with Gasteiger partial charge in [-0.1, -0.05) is 18.2 Å². The number of ether oxygens (including phenoxy) is 2. The molecule has 0 aliphatic carbocycles. The molecule has 8 heteroatoms. The Hall–Kier alpha value is -4.07. The number of amides is 1. The smallest absolute Gasteiger partial charge is 0.286 e. The zero-order chi connectivity index (χ0) is 21.5. The Morgan fingerprint density at radius 3 is 2.20 bits per heavy atom. The first-order valence-corrected chi connectivity index (χ1v) is 9.24. The van der Waals surface area contributed by atoms with E-state index in [-0.39, 0.29) is 22.7 Å². The number of hydrogen-bond acceptors (Lipinski definition) is 6. The molecule has 8 nitrogen and oxygen atoms in total. The van der Waals surface area contributed by atoms with E-state index < -0.39 is 10.8 Å². The lowest BCUT2D eigenvalue weighted by atomic mass is 10.1. The number of benzene rings is 3. The summed E-state index contributed by atoms with van der Waals surface area (Å²) in [5.41, 5.74) is 1.80. The Bertz CT molecular complexity index is 1040. The predicted octanol–water partition coefficient (Wildman–Crippen LogP) is 5.00. The summed E-state index contributed by atoms with van der Waals surface area (Å²) in [5, 5.41) is 17.4. The van der Waals surface area contributed by atoms with Crippen LogP contribution in [0, 0.1) is 10.1 Å². The fraction of sp³-hybridized carbons (Fsp3) is 0.136. The first-order chi connectivity index (χ1) is 14.5. The minimum Gasteiger partial charge on any atom is -0.493 e. The summed E-state index contributed by atoms with van der Waals surface area (Å²) in [5.74, 6) is -0.163. The monoisotopic (exact) mass is 407 g/mol. The molecule has 0 fully saturated rings. The highest BCUT2D eigenvalue weighted by Crippen LogP contribution is 2.35. The molecule has 1 amide bonds. The van der Waals surface area contributed by atoms with Gasteiger partial charge in [0.1, 0.15) is 5.56 Å². The molecule has 154 valence electrons. The van der Waals surface area contributed by atoms with Crippen molar-refractivity contribution in [3.8, 4) is 11.5 Å². The second-order valence-corrected chi connectivity index (χ2v) is 6.23. The number of para-hydroxylation sites is 1. The second-order valence-electron chi connectivity index (χ2n) is 6.23. The van der Waals surface area contributed by atoms with Crippen molar-refractivity contribution in [2.75, 3.05) is 24.4 Å². The van der Waals surface area contributed by atoms with Crippen molar-refractivity contribution < 1.29 is 19.2 Å². The number of nitrogens with one attached hydrogen (secondary N) is 2. The van der Waals surface area contributed by atoms with Crippen molar-refractivity contribution >= 4 is 28.7 Å². The van der Waals surface area contributed by atoms with Gasteiger partial charge in [0.2, 0.25) is 0 Å². The molecule has 0 bridgehead atoms. The average molecular weight is 407 g/mol. The highest BCUT2D eigenvalue weighted by atomic mass is 16.6. The van der Waals surface area contributed by atoms with E-state index in [2.05, 4.69) is 10.6 Å².